The van der Waals surface area contributed by atoms with Crippen LogP contribution in [0.4, 0.5) is 4.39 Å². The Morgan fingerprint density at radius 3 is 2.88 bits per heavy atom. The van der Waals surface area contributed by atoms with Crippen LogP contribution in [0.15, 0.2) is 24.3 Å². The molecule has 1 N–H and O–H groups in total. The molecule has 1 aromatic heterocycles. The molecule has 1 atom stereocenters. The van der Waals surface area contributed by atoms with Crippen molar-refractivity contribution in [2.75, 3.05) is 33.4 Å². The van der Waals surface area contributed by atoms with E-state index >= 15 is 0 Å². The Hall–Kier alpha value is -1.92. The second-order valence-electron chi connectivity index (χ2n) is 6.81. The molecule has 1 aliphatic rings. The highest BCUT2D eigenvalue weighted by atomic mass is 19.1. The molecule has 2 aromatic rings. The molecule has 0 aliphatic carbocycles. The summed E-state index contributed by atoms with van der Waals surface area (Å²) in [5.41, 5.74) is 1.80. The zero-order valence-corrected chi connectivity index (χ0v) is 14.9. The van der Waals surface area contributed by atoms with Crippen LogP contribution in [-0.4, -0.2) is 60.1 Å². The summed E-state index contributed by atoms with van der Waals surface area (Å²) in [5.74, 6) is -0.121. The van der Waals surface area contributed by atoms with E-state index in [9.17, 15) is 9.18 Å². The van der Waals surface area contributed by atoms with Gasteiger partial charge in [-0.1, -0.05) is 0 Å². The van der Waals surface area contributed by atoms with Crippen molar-refractivity contribution in [3.8, 4) is 0 Å². The molecule has 1 aromatic carbocycles. The highest BCUT2D eigenvalue weighted by Crippen LogP contribution is 2.18. The molecule has 1 saturated heterocycles. The van der Waals surface area contributed by atoms with Crippen molar-refractivity contribution >= 4 is 16.8 Å². The average molecular weight is 347 g/mol. The first kappa shape index (κ1) is 17.9. The van der Waals surface area contributed by atoms with E-state index in [0.717, 1.165) is 49.3 Å². The van der Waals surface area contributed by atoms with E-state index in [-0.39, 0.29) is 11.7 Å². The fourth-order valence-corrected chi connectivity index (χ4v) is 3.32. The van der Waals surface area contributed by atoms with Gasteiger partial charge in [0.25, 0.3) is 0 Å². The first-order valence-corrected chi connectivity index (χ1v) is 8.86. The van der Waals surface area contributed by atoms with E-state index in [4.69, 9.17) is 4.74 Å². The second-order valence-corrected chi connectivity index (χ2v) is 6.81. The molecular formula is C19H26FN3O2. The normalized spacial score (nSPS) is 16.9. The molecule has 136 valence electrons. The minimum Gasteiger partial charge on any atom is -0.379 e. The van der Waals surface area contributed by atoms with Gasteiger partial charge in [-0.2, -0.15) is 0 Å². The number of halogens is 1. The fourth-order valence-electron chi connectivity index (χ4n) is 3.32. The van der Waals surface area contributed by atoms with Gasteiger partial charge in [-0.15, -0.1) is 0 Å². The lowest BCUT2D eigenvalue weighted by Gasteiger charge is -2.32. The molecule has 25 heavy (non-hydrogen) atoms. The third-order valence-electron chi connectivity index (χ3n) is 4.92. The van der Waals surface area contributed by atoms with Crippen molar-refractivity contribution < 1.29 is 13.9 Å². The van der Waals surface area contributed by atoms with Gasteiger partial charge in [0.2, 0.25) is 5.91 Å². The number of carbonyl (C=O) groups excluding carboxylic acids is 1. The molecule has 0 spiro atoms. The summed E-state index contributed by atoms with van der Waals surface area (Å²) >= 11 is 0. The van der Waals surface area contributed by atoms with Gasteiger partial charge in [0.1, 0.15) is 5.82 Å². The minimum absolute atomic E-state index is 0.130. The first-order chi connectivity index (χ1) is 12.0. The minimum atomic E-state index is -0.250. The number of ether oxygens (including phenoxy) is 1. The van der Waals surface area contributed by atoms with Gasteiger partial charge >= 0.3 is 0 Å². The molecule has 5 nitrogen and oxygen atoms in total. The quantitative estimate of drug-likeness (QED) is 0.874. The van der Waals surface area contributed by atoms with Crippen molar-refractivity contribution in [1.82, 2.24) is 14.8 Å². The van der Waals surface area contributed by atoms with E-state index in [1.165, 1.54) is 12.1 Å². The molecule has 6 heteroatoms. The van der Waals surface area contributed by atoms with Crippen LogP contribution >= 0.6 is 0 Å². The first-order valence-electron chi connectivity index (χ1n) is 8.86. The molecule has 0 unspecified atom stereocenters. The Balaban J connectivity index is 1.51. The van der Waals surface area contributed by atoms with E-state index < -0.39 is 0 Å². The number of amides is 1. The van der Waals surface area contributed by atoms with Crippen molar-refractivity contribution in [3.63, 3.8) is 0 Å². The highest BCUT2D eigenvalue weighted by molar-refractivity contribution is 5.81. The van der Waals surface area contributed by atoms with Crippen LogP contribution in [0.5, 0.6) is 0 Å². The number of nitrogens with zero attached hydrogens (tertiary/aromatic N) is 2. The van der Waals surface area contributed by atoms with Crippen molar-refractivity contribution in [2.24, 2.45) is 0 Å². The van der Waals surface area contributed by atoms with Gasteiger partial charge in [-0.05, 0) is 37.6 Å². The summed E-state index contributed by atoms with van der Waals surface area (Å²) in [6.07, 6.45) is 1.38. The Bertz CT molecular complexity index is 725. The maximum absolute atomic E-state index is 13.3. The Kier molecular flexibility index (Phi) is 5.71. The summed E-state index contributed by atoms with van der Waals surface area (Å²) in [5, 5.41) is 0.830. The monoisotopic (exact) mass is 347 g/mol. The molecule has 0 bridgehead atoms. The van der Waals surface area contributed by atoms with Crippen LogP contribution in [0, 0.1) is 5.82 Å². The summed E-state index contributed by atoms with van der Waals surface area (Å²) in [6.45, 7) is 6.11. The number of hydrogen-bond donors (Lipinski definition) is 1. The largest absolute Gasteiger partial charge is 0.379 e. The second kappa shape index (κ2) is 7.97. The molecule has 1 aliphatic heterocycles. The lowest BCUT2D eigenvalue weighted by atomic mass is 10.1. The van der Waals surface area contributed by atoms with E-state index in [2.05, 4.69) is 16.8 Å². The number of rotatable bonds is 6. The highest BCUT2D eigenvalue weighted by Gasteiger charge is 2.19. The summed E-state index contributed by atoms with van der Waals surface area (Å²) in [6, 6.07) is 6.95. The van der Waals surface area contributed by atoms with Gasteiger partial charge in [0, 0.05) is 49.2 Å². The zero-order valence-electron chi connectivity index (χ0n) is 14.9. The van der Waals surface area contributed by atoms with Crippen LogP contribution < -0.4 is 0 Å². The van der Waals surface area contributed by atoms with E-state index in [0.29, 0.717) is 19.0 Å². The molecule has 1 amide bonds. The van der Waals surface area contributed by atoms with Crippen LogP contribution in [0.25, 0.3) is 10.9 Å². The number of nitrogens with one attached hydrogen (secondary N) is 1. The molecular weight excluding hydrogens is 321 g/mol. The Labute approximate surface area is 147 Å². The van der Waals surface area contributed by atoms with Crippen molar-refractivity contribution in [1.29, 1.82) is 0 Å². The summed E-state index contributed by atoms with van der Waals surface area (Å²) in [4.78, 5) is 19.8. The number of aromatic nitrogens is 1. The van der Waals surface area contributed by atoms with Gasteiger partial charge in [-0.3, -0.25) is 9.69 Å². The molecule has 0 saturated carbocycles. The van der Waals surface area contributed by atoms with Gasteiger partial charge in [0.15, 0.2) is 0 Å². The number of H-pyrrole nitrogens is 1. The Morgan fingerprint density at radius 2 is 2.12 bits per heavy atom. The number of hydrogen-bond acceptors (Lipinski definition) is 3. The molecule has 3 rings (SSSR count). The fraction of sp³-hybridized carbons (Fsp3) is 0.526. The number of aromatic amines is 1. The molecule has 2 heterocycles. The predicted octanol–water partition coefficient (Wildman–Crippen LogP) is 2.77. The number of morpholine rings is 1. The van der Waals surface area contributed by atoms with E-state index in [1.54, 1.807) is 11.0 Å². The number of carbonyl (C=O) groups is 1. The van der Waals surface area contributed by atoms with Crippen LogP contribution in [-0.2, 0) is 16.1 Å². The number of fused-ring (bicyclic) bond motifs is 1. The lowest BCUT2D eigenvalue weighted by Crippen LogP contribution is -2.42. The SMILES string of the molecule is C[C@@H](CCC(=O)N(C)Cc1cc2cc(F)ccc2[nH]1)N1CCOCC1. The molecule has 1 fully saturated rings. The number of benzene rings is 1. The maximum atomic E-state index is 13.3. The summed E-state index contributed by atoms with van der Waals surface area (Å²) in [7, 11) is 1.81. The van der Waals surface area contributed by atoms with Crippen LogP contribution in [0.3, 0.4) is 0 Å². The average Bonchev–Trinajstić information content (AvgIpc) is 3.01. The Morgan fingerprint density at radius 1 is 1.36 bits per heavy atom. The van der Waals surface area contributed by atoms with Crippen molar-refractivity contribution in [3.05, 3.63) is 35.8 Å². The summed E-state index contributed by atoms with van der Waals surface area (Å²) < 4.78 is 18.6. The smallest absolute Gasteiger partial charge is 0.222 e. The lowest BCUT2D eigenvalue weighted by molar-refractivity contribution is -0.130. The van der Waals surface area contributed by atoms with Gasteiger partial charge < -0.3 is 14.6 Å². The zero-order chi connectivity index (χ0) is 17.8. The van der Waals surface area contributed by atoms with E-state index in [1.807, 2.05) is 13.1 Å². The van der Waals surface area contributed by atoms with Gasteiger partial charge in [-0.25, -0.2) is 4.39 Å². The maximum Gasteiger partial charge on any atom is 0.222 e. The topological polar surface area (TPSA) is 48.6 Å². The third kappa shape index (κ3) is 4.58. The standard InChI is InChI=1S/C19H26FN3O2/c1-14(23-7-9-25-10-8-23)3-6-19(24)22(2)13-17-12-15-11-16(20)4-5-18(15)21-17/h4-5,11-12,14,21H,3,6-10,13H2,1-2H3/t14-/m0/s1. The third-order valence-corrected chi connectivity index (χ3v) is 4.92. The van der Waals surface area contributed by atoms with Crippen LogP contribution in [0.1, 0.15) is 25.5 Å². The molecule has 0 radical (unpaired) electrons. The van der Waals surface area contributed by atoms with Crippen LogP contribution in [0.2, 0.25) is 0 Å². The predicted molar refractivity (Wildman–Crippen MR) is 95.8 cm³/mol. The van der Waals surface area contributed by atoms with Crippen molar-refractivity contribution in [2.45, 2.75) is 32.4 Å². The van der Waals surface area contributed by atoms with Gasteiger partial charge in [0.05, 0.1) is 19.8 Å².